The third-order valence-electron chi connectivity index (χ3n) is 5.38. The van der Waals surface area contributed by atoms with Gasteiger partial charge in [-0.15, -0.1) is 0 Å². The number of aromatic nitrogens is 2. The van der Waals surface area contributed by atoms with Gasteiger partial charge >= 0.3 is 5.97 Å². The van der Waals surface area contributed by atoms with Gasteiger partial charge in [0.05, 0.1) is 44.0 Å². The third kappa shape index (κ3) is 4.50. The van der Waals surface area contributed by atoms with E-state index in [1.54, 1.807) is 36.7 Å². The van der Waals surface area contributed by atoms with Crippen molar-refractivity contribution in [3.8, 4) is 11.5 Å². The van der Waals surface area contributed by atoms with E-state index in [0.717, 1.165) is 11.1 Å². The summed E-state index contributed by atoms with van der Waals surface area (Å²) in [6.45, 7) is 0. The van der Waals surface area contributed by atoms with E-state index in [9.17, 15) is 14.7 Å². The Hall–Kier alpha value is -4.33. The maximum atomic E-state index is 13.0. The minimum absolute atomic E-state index is 0.0818. The van der Waals surface area contributed by atoms with Crippen LogP contribution >= 0.6 is 0 Å². The highest BCUT2D eigenvalue weighted by atomic mass is 16.5. The second kappa shape index (κ2) is 9.44. The van der Waals surface area contributed by atoms with Crippen molar-refractivity contribution < 1.29 is 24.2 Å². The molecular formula is C25H23N3O5. The number of anilines is 1. The molecule has 168 valence electrons. The van der Waals surface area contributed by atoms with Gasteiger partial charge in [0.15, 0.2) is 0 Å². The lowest BCUT2D eigenvalue weighted by atomic mass is 10.0. The first kappa shape index (κ1) is 21.9. The second-order valence-corrected chi connectivity index (χ2v) is 7.37. The number of carbonyl (C=O) groups is 2. The Morgan fingerprint density at radius 2 is 1.70 bits per heavy atom. The molecule has 4 rings (SSSR count). The molecule has 2 N–H and O–H groups in total. The lowest BCUT2D eigenvalue weighted by Crippen LogP contribution is -2.15. The predicted molar refractivity (Wildman–Crippen MR) is 124 cm³/mol. The molecule has 1 amide bonds. The van der Waals surface area contributed by atoms with Gasteiger partial charge in [0.25, 0.3) is 5.91 Å². The van der Waals surface area contributed by atoms with E-state index in [-0.39, 0.29) is 12.3 Å². The van der Waals surface area contributed by atoms with Crippen LogP contribution in [0, 0.1) is 0 Å². The number of imidazole rings is 1. The van der Waals surface area contributed by atoms with Crippen molar-refractivity contribution in [3.05, 3.63) is 84.2 Å². The van der Waals surface area contributed by atoms with Gasteiger partial charge in [-0.05, 0) is 35.9 Å². The Balaban J connectivity index is 1.66. The molecule has 0 bridgehead atoms. The van der Waals surface area contributed by atoms with E-state index in [2.05, 4.69) is 10.3 Å². The van der Waals surface area contributed by atoms with Crippen molar-refractivity contribution in [1.29, 1.82) is 0 Å². The molecule has 0 aliphatic rings. The first-order valence-electron chi connectivity index (χ1n) is 10.3. The van der Waals surface area contributed by atoms with E-state index in [0.29, 0.717) is 28.3 Å². The molecule has 8 heteroatoms. The smallest absolute Gasteiger partial charge is 0.305 e. The number of carboxylic acids is 1. The summed E-state index contributed by atoms with van der Waals surface area (Å²) >= 11 is 0. The topological polar surface area (TPSA) is 103 Å². The quantitative estimate of drug-likeness (QED) is 0.418. The van der Waals surface area contributed by atoms with E-state index >= 15 is 0 Å². The molecule has 1 unspecified atom stereocenters. The van der Waals surface area contributed by atoms with Crippen LogP contribution in [0.2, 0.25) is 0 Å². The normalized spacial score (nSPS) is 11.7. The van der Waals surface area contributed by atoms with Crippen molar-refractivity contribution in [2.24, 2.45) is 0 Å². The number of nitrogens with zero attached hydrogens (tertiary/aromatic N) is 2. The number of ether oxygens (including phenoxy) is 2. The highest BCUT2D eigenvalue weighted by Crippen LogP contribution is 2.31. The second-order valence-electron chi connectivity index (χ2n) is 7.37. The van der Waals surface area contributed by atoms with E-state index < -0.39 is 12.0 Å². The van der Waals surface area contributed by atoms with Crippen molar-refractivity contribution in [3.63, 3.8) is 0 Å². The Morgan fingerprint density at radius 1 is 1.00 bits per heavy atom. The lowest BCUT2D eigenvalue weighted by Gasteiger charge is -2.18. The number of carboxylic acid groups (broad SMARTS) is 1. The number of hydrogen-bond acceptors (Lipinski definition) is 5. The zero-order chi connectivity index (χ0) is 23.4. The minimum atomic E-state index is -0.902. The van der Waals surface area contributed by atoms with Crippen molar-refractivity contribution in [2.45, 2.75) is 12.5 Å². The van der Waals surface area contributed by atoms with Gasteiger partial charge in [-0.2, -0.15) is 0 Å². The van der Waals surface area contributed by atoms with Crippen LogP contribution in [0.25, 0.3) is 11.0 Å². The van der Waals surface area contributed by atoms with E-state index in [1.807, 2.05) is 41.0 Å². The van der Waals surface area contributed by atoms with Gasteiger partial charge in [-0.1, -0.05) is 36.4 Å². The van der Waals surface area contributed by atoms with Gasteiger partial charge < -0.3 is 24.5 Å². The number of amides is 1. The zero-order valence-corrected chi connectivity index (χ0v) is 18.2. The molecule has 4 aromatic rings. The van der Waals surface area contributed by atoms with Gasteiger partial charge in [-0.3, -0.25) is 9.59 Å². The third-order valence-corrected chi connectivity index (χ3v) is 5.38. The fraction of sp³-hybridized carbons (Fsp3) is 0.160. The average molecular weight is 445 g/mol. The van der Waals surface area contributed by atoms with Crippen LogP contribution < -0.4 is 14.8 Å². The van der Waals surface area contributed by atoms with Gasteiger partial charge in [0.2, 0.25) is 0 Å². The molecule has 0 saturated carbocycles. The molecule has 1 aromatic heterocycles. The van der Waals surface area contributed by atoms with Crippen LogP contribution in [0.3, 0.4) is 0 Å². The summed E-state index contributed by atoms with van der Waals surface area (Å²) in [6.07, 6.45) is 1.54. The van der Waals surface area contributed by atoms with Crippen molar-refractivity contribution >= 4 is 28.6 Å². The van der Waals surface area contributed by atoms with Crippen LogP contribution in [0.15, 0.2) is 73.1 Å². The number of aliphatic carboxylic acids is 1. The predicted octanol–water partition coefficient (Wildman–Crippen LogP) is 4.37. The van der Waals surface area contributed by atoms with Crippen LogP contribution in [0.5, 0.6) is 11.5 Å². The van der Waals surface area contributed by atoms with E-state index in [1.165, 1.54) is 14.2 Å². The van der Waals surface area contributed by atoms with Crippen molar-refractivity contribution in [1.82, 2.24) is 9.55 Å². The molecule has 3 aromatic carbocycles. The fourth-order valence-corrected chi connectivity index (χ4v) is 3.84. The van der Waals surface area contributed by atoms with Crippen LogP contribution in [-0.2, 0) is 4.79 Å². The summed E-state index contributed by atoms with van der Waals surface area (Å²) in [7, 11) is 2.98. The van der Waals surface area contributed by atoms with Gasteiger partial charge in [0.1, 0.15) is 17.1 Å². The Morgan fingerprint density at radius 3 is 2.33 bits per heavy atom. The first-order chi connectivity index (χ1) is 16.0. The molecule has 0 saturated heterocycles. The van der Waals surface area contributed by atoms with Gasteiger partial charge in [0, 0.05) is 5.69 Å². The standard InChI is InChI=1S/C25H23N3O5/c1-32-21-9-6-10-22(33-2)24(21)25(31)27-17-11-12-19-18(13-17)26-15-28(19)20(14-23(29)30)16-7-4-3-5-8-16/h3-13,15,20H,14H2,1-2H3,(H,27,31)(H,29,30). The summed E-state index contributed by atoms with van der Waals surface area (Å²) < 4.78 is 12.5. The molecule has 1 heterocycles. The number of rotatable bonds is 8. The first-order valence-corrected chi connectivity index (χ1v) is 10.3. The maximum absolute atomic E-state index is 13.0. The highest BCUT2D eigenvalue weighted by molar-refractivity contribution is 6.08. The summed E-state index contributed by atoms with van der Waals surface area (Å²) in [5.74, 6) is -0.482. The van der Waals surface area contributed by atoms with Crippen LogP contribution in [0.1, 0.15) is 28.4 Å². The lowest BCUT2D eigenvalue weighted by molar-refractivity contribution is -0.137. The van der Waals surface area contributed by atoms with Crippen molar-refractivity contribution in [2.75, 3.05) is 19.5 Å². The highest BCUT2D eigenvalue weighted by Gasteiger charge is 2.21. The molecule has 0 radical (unpaired) electrons. The molecule has 1 atom stereocenters. The largest absolute Gasteiger partial charge is 0.496 e. The fourth-order valence-electron chi connectivity index (χ4n) is 3.84. The monoisotopic (exact) mass is 445 g/mol. The molecular weight excluding hydrogens is 422 g/mol. The number of benzene rings is 3. The Kier molecular flexibility index (Phi) is 6.26. The molecule has 0 aliphatic carbocycles. The summed E-state index contributed by atoms with van der Waals surface area (Å²) in [5, 5.41) is 12.3. The summed E-state index contributed by atoms with van der Waals surface area (Å²) in [4.78, 5) is 28.9. The SMILES string of the molecule is COc1cccc(OC)c1C(=O)Nc1ccc2c(c1)ncn2C(CC(=O)O)c1ccccc1. The Labute approximate surface area is 190 Å². The molecule has 0 spiro atoms. The number of carbonyl (C=O) groups excluding carboxylic acids is 1. The summed E-state index contributed by atoms with van der Waals surface area (Å²) in [5.41, 5.74) is 3.10. The number of hydrogen-bond donors (Lipinski definition) is 2. The number of nitrogens with one attached hydrogen (secondary N) is 1. The molecule has 0 aliphatic heterocycles. The zero-order valence-electron chi connectivity index (χ0n) is 18.2. The number of methoxy groups -OCH3 is 2. The molecule has 8 nitrogen and oxygen atoms in total. The van der Waals surface area contributed by atoms with E-state index in [4.69, 9.17) is 9.47 Å². The van der Waals surface area contributed by atoms with Crippen LogP contribution in [0.4, 0.5) is 5.69 Å². The summed E-state index contributed by atoms with van der Waals surface area (Å²) in [6, 6.07) is 19.5. The molecule has 0 fully saturated rings. The maximum Gasteiger partial charge on any atom is 0.305 e. The minimum Gasteiger partial charge on any atom is -0.496 e. The Bertz CT molecular complexity index is 1280. The molecule has 33 heavy (non-hydrogen) atoms. The number of fused-ring (bicyclic) bond motifs is 1. The van der Waals surface area contributed by atoms with Gasteiger partial charge in [-0.25, -0.2) is 4.98 Å². The average Bonchev–Trinajstić information content (AvgIpc) is 3.25. The van der Waals surface area contributed by atoms with Crippen LogP contribution in [-0.4, -0.2) is 40.8 Å².